The quantitative estimate of drug-likeness (QED) is 0.442. The van der Waals surface area contributed by atoms with Gasteiger partial charge in [-0.05, 0) is 6.07 Å². The Morgan fingerprint density at radius 2 is 2.12 bits per heavy atom. The number of aliphatic hydroxyl groups excluding tert-OH is 1. The van der Waals surface area contributed by atoms with Gasteiger partial charge in [0, 0.05) is 12.1 Å². The molecule has 0 unspecified atom stereocenters. The lowest BCUT2D eigenvalue weighted by Crippen LogP contribution is -2.10. The van der Waals surface area contributed by atoms with Crippen molar-refractivity contribution in [1.29, 1.82) is 0 Å². The first-order valence-electron chi connectivity index (χ1n) is 4.90. The number of benzene rings is 1. The number of aliphatic hydroxyl groups is 1. The maximum atomic E-state index is 12.9. The molecule has 0 fully saturated rings. The largest absolute Gasteiger partial charge is 0.484 e. The molecule has 0 aromatic heterocycles. The van der Waals surface area contributed by atoms with Gasteiger partial charge in [0.05, 0.1) is 24.7 Å². The topological polar surface area (TPSA) is 81.8 Å². The fourth-order valence-corrected chi connectivity index (χ4v) is 1.13. The SMILES string of the molecule is O=[N+]([O-])c1ccc(F)cc1OCCOCCO. The number of rotatable bonds is 7. The molecule has 0 spiro atoms. The molecule has 0 saturated heterocycles. The molecular weight excluding hydrogens is 233 g/mol. The highest BCUT2D eigenvalue weighted by molar-refractivity contribution is 5.46. The number of nitro benzene ring substituents is 1. The Balaban J connectivity index is 2.56. The number of ether oxygens (including phenoxy) is 2. The van der Waals surface area contributed by atoms with Crippen molar-refractivity contribution < 1.29 is 23.9 Å². The number of halogens is 1. The fraction of sp³-hybridized carbons (Fsp3) is 0.400. The van der Waals surface area contributed by atoms with Gasteiger partial charge >= 0.3 is 5.69 Å². The minimum absolute atomic E-state index is 0.0459. The van der Waals surface area contributed by atoms with Gasteiger partial charge in [0.15, 0.2) is 5.75 Å². The zero-order valence-electron chi connectivity index (χ0n) is 8.97. The fourth-order valence-electron chi connectivity index (χ4n) is 1.13. The van der Waals surface area contributed by atoms with Gasteiger partial charge in [-0.25, -0.2) is 4.39 Å². The lowest BCUT2D eigenvalue weighted by Gasteiger charge is -2.06. The van der Waals surface area contributed by atoms with Gasteiger partial charge in [-0.3, -0.25) is 10.1 Å². The lowest BCUT2D eigenvalue weighted by atomic mass is 10.3. The molecule has 1 rings (SSSR count). The highest BCUT2D eigenvalue weighted by atomic mass is 19.1. The maximum absolute atomic E-state index is 12.9. The average Bonchev–Trinajstić information content (AvgIpc) is 2.28. The monoisotopic (exact) mass is 245 g/mol. The third-order valence-corrected chi connectivity index (χ3v) is 1.84. The van der Waals surface area contributed by atoms with Crippen LogP contribution in [-0.2, 0) is 4.74 Å². The highest BCUT2D eigenvalue weighted by Crippen LogP contribution is 2.27. The van der Waals surface area contributed by atoms with Crippen molar-refractivity contribution in [2.24, 2.45) is 0 Å². The van der Waals surface area contributed by atoms with Crippen LogP contribution in [0.4, 0.5) is 10.1 Å². The van der Waals surface area contributed by atoms with Gasteiger partial charge in [0.1, 0.15) is 12.4 Å². The van der Waals surface area contributed by atoms with Crippen molar-refractivity contribution in [2.75, 3.05) is 26.4 Å². The van der Waals surface area contributed by atoms with Crippen LogP contribution >= 0.6 is 0 Å². The summed E-state index contributed by atoms with van der Waals surface area (Å²) in [6.07, 6.45) is 0. The van der Waals surface area contributed by atoms with E-state index in [1.807, 2.05) is 0 Å². The number of nitro groups is 1. The van der Waals surface area contributed by atoms with Crippen molar-refractivity contribution in [3.8, 4) is 5.75 Å². The van der Waals surface area contributed by atoms with Crippen molar-refractivity contribution >= 4 is 5.69 Å². The molecule has 0 bridgehead atoms. The number of hydrogen-bond acceptors (Lipinski definition) is 5. The van der Waals surface area contributed by atoms with E-state index in [9.17, 15) is 14.5 Å². The van der Waals surface area contributed by atoms with E-state index in [4.69, 9.17) is 14.6 Å². The predicted molar refractivity (Wildman–Crippen MR) is 56.5 cm³/mol. The molecule has 0 saturated carbocycles. The van der Waals surface area contributed by atoms with Gasteiger partial charge in [-0.1, -0.05) is 0 Å². The Labute approximate surface area is 96.7 Å². The number of nitrogens with zero attached hydrogens (tertiary/aromatic N) is 1. The molecule has 0 aliphatic rings. The van der Waals surface area contributed by atoms with Crippen molar-refractivity contribution in [3.63, 3.8) is 0 Å². The molecule has 0 amide bonds. The predicted octanol–water partition coefficient (Wildman–Crippen LogP) is 1.12. The van der Waals surface area contributed by atoms with E-state index in [2.05, 4.69) is 0 Å². The summed E-state index contributed by atoms with van der Waals surface area (Å²) in [5.74, 6) is -0.746. The third-order valence-electron chi connectivity index (χ3n) is 1.84. The van der Waals surface area contributed by atoms with Crippen molar-refractivity contribution in [3.05, 3.63) is 34.1 Å². The standard InChI is InChI=1S/C10H12FNO5/c11-8-1-2-9(12(14)15)10(7-8)17-6-5-16-4-3-13/h1-2,7,13H,3-6H2. The van der Waals surface area contributed by atoms with E-state index in [1.54, 1.807) is 0 Å². The molecule has 1 aromatic carbocycles. The Hall–Kier alpha value is -1.73. The molecule has 94 valence electrons. The molecule has 0 radical (unpaired) electrons. The van der Waals surface area contributed by atoms with E-state index >= 15 is 0 Å². The lowest BCUT2D eigenvalue weighted by molar-refractivity contribution is -0.385. The average molecular weight is 245 g/mol. The second-order valence-corrected chi connectivity index (χ2v) is 3.05. The van der Waals surface area contributed by atoms with Crippen LogP contribution in [0.3, 0.4) is 0 Å². The van der Waals surface area contributed by atoms with E-state index in [1.165, 1.54) is 0 Å². The first kappa shape index (κ1) is 13.3. The Morgan fingerprint density at radius 3 is 2.76 bits per heavy atom. The molecule has 17 heavy (non-hydrogen) atoms. The Morgan fingerprint density at radius 1 is 1.35 bits per heavy atom. The van der Waals surface area contributed by atoms with E-state index in [0.717, 1.165) is 18.2 Å². The highest BCUT2D eigenvalue weighted by Gasteiger charge is 2.15. The second-order valence-electron chi connectivity index (χ2n) is 3.05. The summed E-state index contributed by atoms with van der Waals surface area (Å²) in [6.45, 7) is 0.257. The molecule has 7 heteroatoms. The van der Waals surface area contributed by atoms with Crippen LogP contribution in [0.25, 0.3) is 0 Å². The molecule has 0 heterocycles. The Bertz CT molecular complexity index is 385. The minimum Gasteiger partial charge on any atom is -0.484 e. The van der Waals surface area contributed by atoms with Crippen LogP contribution in [-0.4, -0.2) is 36.5 Å². The smallest absolute Gasteiger partial charge is 0.311 e. The second kappa shape index (κ2) is 6.77. The van der Waals surface area contributed by atoms with Crippen LogP contribution in [0.5, 0.6) is 5.75 Å². The summed E-state index contributed by atoms with van der Waals surface area (Å²) < 4.78 is 22.8. The van der Waals surface area contributed by atoms with E-state index in [-0.39, 0.29) is 37.9 Å². The summed E-state index contributed by atoms with van der Waals surface area (Å²) in [6, 6.07) is 2.98. The summed E-state index contributed by atoms with van der Waals surface area (Å²) >= 11 is 0. The molecule has 1 N–H and O–H groups in total. The molecule has 0 aliphatic heterocycles. The van der Waals surface area contributed by atoms with Crippen LogP contribution in [0.2, 0.25) is 0 Å². The van der Waals surface area contributed by atoms with Crippen LogP contribution in [0, 0.1) is 15.9 Å². The first-order valence-corrected chi connectivity index (χ1v) is 4.90. The van der Waals surface area contributed by atoms with Gasteiger partial charge in [-0.2, -0.15) is 0 Å². The zero-order chi connectivity index (χ0) is 12.7. The molecule has 6 nitrogen and oxygen atoms in total. The van der Waals surface area contributed by atoms with E-state index < -0.39 is 10.7 Å². The summed E-state index contributed by atoms with van der Waals surface area (Å²) in [7, 11) is 0. The van der Waals surface area contributed by atoms with Crippen LogP contribution in [0.15, 0.2) is 18.2 Å². The summed E-state index contributed by atoms with van der Waals surface area (Å²) in [5, 5.41) is 19.0. The summed E-state index contributed by atoms with van der Waals surface area (Å²) in [5.41, 5.74) is -0.298. The normalized spacial score (nSPS) is 10.2. The van der Waals surface area contributed by atoms with Crippen LogP contribution in [0.1, 0.15) is 0 Å². The maximum Gasteiger partial charge on any atom is 0.311 e. The first-order chi connectivity index (χ1) is 8.15. The molecular formula is C10H12FNO5. The van der Waals surface area contributed by atoms with E-state index in [0.29, 0.717) is 0 Å². The molecule has 0 atom stereocenters. The summed E-state index contributed by atoms with van der Waals surface area (Å²) in [4.78, 5) is 9.96. The van der Waals surface area contributed by atoms with Gasteiger partial charge in [0.2, 0.25) is 0 Å². The molecule has 1 aromatic rings. The van der Waals surface area contributed by atoms with Crippen molar-refractivity contribution in [1.82, 2.24) is 0 Å². The third kappa shape index (κ3) is 4.33. The minimum atomic E-state index is -0.649. The van der Waals surface area contributed by atoms with Crippen LogP contribution < -0.4 is 4.74 Å². The molecule has 0 aliphatic carbocycles. The van der Waals surface area contributed by atoms with Crippen molar-refractivity contribution in [2.45, 2.75) is 0 Å². The van der Waals surface area contributed by atoms with Gasteiger partial charge in [-0.15, -0.1) is 0 Å². The number of hydrogen-bond donors (Lipinski definition) is 1. The zero-order valence-corrected chi connectivity index (χ0v) is 8.97. The van der Waals surface area contributed by atoms with Gasteiger partial charge < -0.3 is 14.6 Å². The van der Waals surface area contributed by atoms with Gasteiger partial charge in [0.25, 0.3) is 0 Å². The Kier molecular flexibility index (Phi) is 5.31.